The maximum Gasteiger partial charge on any atom is 0.229 e. The van der Waals surface area contributed by atoms with Gasteiger partial charge in [-0.2, -0.15) is 15.0 Å². The number of halogens is 1. The third-order valence-electron chi connectivity index (χ3n) is 3.80. The summed E-state index contributed by atoms with van der Waals surface area (Å²) in [5, 5.41) is 0. The molecule has 0 bridgehead atoms. The van der Waals surface area contributed by atoms with E-state index >= 15 is 0 Å². The summed E-state index contributed by atoms with van der Waals surface area (Å²) in [4.78, 5) is 17.0. The van der Waals surface area contributed by atoms with Gasteiger partial charge in [0, 0.05) is 26.7 Å². The number of aromatic nitrogens is 3. The zero-order valence-corrected chi connectivity index (χ0v) is 13.8. The third kappa shape index (κ3) is 4.66. The summed E-state index contributed by atoms with van der Waals surface area (Å²) in [5.41, 5.74) is 11.6. The molecule has 1 aromatic rings. The maximum absolute atomic E-state index is 5.89. The number of piperidine rings is 1. The second-order valence-electron chi connectivity index (χ2n) is 5.79. The van der Waals surface area contributed by atoms with E-state index in [1.807, 2.05) is 19.0 Å². The fourth-order valence-corrected chi connectivity index (χ4v) is 2.63. The van der Waals surface area contributed by atoms with Crippen LogP contribution in [0.3, 0.4) is 0 Å². The number of likely N-dealkylation sites (tertiary alicyclic amines) is 1. The van der Waals surface area contributed by atoms with E-state index in [2.05, 4.69) is 26.8 Å². The van der Waals surface area contributed by atoms with E-state index in [0.717, 1.165) is 18.9 Å². The standard InChI is InChI=1S/C13H25N7.ClH/c1-9-4-5-20(10(6-9)7-14)8-11-16-12(15)18-13(17-11)19(2)3;/h9-10H,4-8,14H2,1-3H3,(H2,15,16,17,18);1H. The van der Waals surface area contributed by atoms with E-state index in [9.17, 15) is 0 Å². The van der Waals surface area contributed by atoms with Gasteiger partial charge in [0.25, 0.3) is 0 Å². The summed E-state index contributed by atoms with van der Waals surface area (Å²) < 4.78 is 0. The van der Waals surface area contributed by atoms with Gasteiger partial charge in [-0.25, -0.2) is 0 Å². The predicted molar refractivity (Wildman–Crippen MR) is 87.5 cm³/mol. The molecule has 1 aliphatic rings. The monoisotopic (exact) mass is 315 g/mol. The Kier molecular flexibility index (Phi) is 6.57. The Morgan fingerprint density at radius 2 is 2.00 bits per heavy atom. The molecule has 0 spiro atoms. The second-order valence-corrected chi connectivity index (χ2v) is 5.79. The quantitative estimate of drug-likeness (QED) is 0.835. The fourth-order valence-electron chi connectivity index (χ4n) is 2.63. The lowest BCUT2D eigenvalue weighted by atomic mass is 9.92. The Morgan fingerprint density at radius 1 is 1.29 bits per heavy atom. The van der Waals surface area contributed by atoms with Crippen LogP contribution in [0.25, 0.3) is 0 Å². The highest BCUT2D eigenvalue weighted by molar-refractivity contribution is 5.85. The molecule has 120 valence electrons. The Hall–Kier alpha value is -1.18. The largest absolute Gasteiger partial charge is 0.368 e. The van der Waals surface area contributed by atoms with E-state index in [1.165, 1.54) is 6.42 Å². The molecular formula is C13H26ClN7. The molecule has 21 heavy (non-hydrogen) atoms. The molecule has 2 unspecified atom stereocenters. The Labute approximate surface area is 132 Å². The lowest BCUT2D eigenvalue weighted by Gasteiger charge is -2.37. The molecule has 0 aromatic carbocycles. The van der Waals surface area contributed by atoms with Crippen LogP contribution in [0.2, 0.25) is 0 Å². The van der Waals surface area contributed by atoms with Crippen molar-refractivity contribution >= 4 is 24.3 Å². The average Bonchev–Trinajstić information content (AvgIpc) is 2.40. The van der Waals surface area contributed by atoms with Crippen molar-refractivity contribution < 1.29 is 0 Å². The first-order valence-electron chi connectivity index (χ1n) is 7.11. The molecule has 7 nitrogen and oxygen atoms in total. The minimum atomic E-state index is 0. The number of hydrogen-bond donors (Lipinski definition) is 2. The highest BCUT2D eigenvalue weighted by atomic mass is 35.5. The number of rotatable bonds is 4. The smallest absolute Gasteiger partial charge is 0.229 e. The van der Waals surface area contributed by atoms with Gasteiger partial charge in [0.15, 0.2) is 0 Å². The minimum Gasteiger partial charge on any atom is -0.368 e. The van der Waals surface area contributed by atoms with Crippen LogP contribution in [0.1, 0.15) is 25.6 Å². The van der Waals surface area contributed by atoms with Crippen LogP contribution >= 0.6 is 12.4 Å². The first-order chi connectivity index (χ1) is 9.49. The molecule has 2 heterocycles. The Balaban J connectivity index is 0.00000220. The highest BCUT2D eigenvalue weighted by Crippen LogP contribution is 2.23. The van der Waals surface area contributed by atoms with E-state index in [1.54, 1.807) is 0 Å². The van der Waals surface area contributed by atoms with Crippen LogP contribution in [0.4, 0.5) is 11.9 Å². The van der Waals surface area contributed by atoms with Gasteiger partial charge < -0.3 is 16.4 Å². The zero-order valence-electron chi connectivity index (χ0n) is 13.0. The Morgan fingerprint density at radius 3 is 2.62 bits per heavy atom. The van der Waals surface area contributed by atoms with Gasteiger partial charge in [-0.1, -0.05) is 6.92 Å². The number of nitrogens with two attached hydrogens (primary N) is 2. The SMILES string of the molecule is CC1CCN(Cc2nc(N)nc(N(C)C)n2)C(CN)C1.Cl. The molecule has 0 aliphatic carbocycles. The molecule has 1 aliphatic heterocycles. The van der Waals surface area contributed by atoms with Crippen LogP contribution in [0, 0.1) is 5.92 Å². The zero-order chi connectivity index (χ0) is 14.7. The van der Waals surface area contributed by atoms with Gasteiger partial charge in [-0.3, -0.25) is 4.90 Å². The van der Waals surface area contributed by atoms with Crippen molar-refractivity contribution in [2.75, 3.05) is 37.8 Å². The lowest BCUT2D eigenvalue weighted by molar-refractivity contribution is 0.112. The van der Waals surface area contributed by atoms with Crippen molar-refractivity contribution in [3.8, 4) is 0 Å². The van der Waals surface area contributed by atoms with Crippen molar-refractivity contribution in [1.82, 2.24) is 19.9 Å². The predicted octanol–water partition coefficient (Wildman–Crippen LogP) is 0.501. The van der Waals surface area contributed by atoms with E-state index in [-0.39, 0.29) is 18.4 Å². The molecule has 1 saturated heterocycles. The first-order valence-corrected chi connectivity index (χ1v) is 7.11. The molecule has 2 atom stereocenters. The molecule has 8 heteroatoms. The molecule has 0 saturated carbocycles. The van der Waals surface area contributed by atoms with Crippen molar-refractivity contribution in [3.63, 3.8) is 0 Å². The minimum absolute atomic E-state index is 0. The number of nitrogen functional groups attached to an aromatic ring is 1. The van der Waals surface area contributed by atoms with Gasteiger partial charge in [-0.05, 0) is 25.3 Å². The van der Waals surface area contributed by atoms with Crippen LogP contribution in [-0.4, -0.2) is 53.1 Å². The summed E-state index contributed by atoms with van der Waals surface area (Å²) in [5.74, 6) is 2.32. The lowest BCUT2D eigenvalue weighted by Crippen LogP contribution is -2.46. The summed E-state index contributed by atoms with van der Waals surface area (Å²) in [6.07, 6.45) is 2.33. The number of hydrogen-bond acceptors (Lipinski definition) is 7. The van der Waals surface area contributed by atoms with Crippen molar-refractivity contribution in [2.24, 2.45) is 11.7 Å². The maximum atomic E-state index is 5.89. The van der Waals surface area contributed by atoms with E-state index in [0.29, 0.717) is 30.9 Å². The molecule has 1 aromatic heterocycles. The normalized spacial score (nSPS) is 22.7. The second kappa shape index (κ2) is 7.72. The van der Waals surface area contributed by atoms with Crippen LogP contribution < -0.4 is 16.4 Å². The summed E-state index contributed by atoms with van der Waals surface area (Å²) >= 11 is 0. The van der Waals surface area contributed by atoms with Crippen molar-refractivity contribution in [3.05, 3.63) is 5.82 Å². The van der Waals surface area contributed by atoms with Gasteiger partial charge in [-0.15, -0.1) is 12.4 Å². The van der Waals surface area contributed by atoms with Crippen LogP contribution in [0.15, 0.2) is 0 Å². The molecule has 1 fully saturated rings. The third-order valence-corrected chi connectivity index (χ3v) is 3.80. The fraction of sp³-hybridized carbons (Fsp3) is 0.769. The van der Waals surface area contributed by atoms with Crippen LogP contribution in [-0.2, 0) is 6.54 Å². The number of nitrogens with zero attached hydrogens (tertiary/aromatic N) is 5. The van der Waals surface area contributed by atoms with Gasteiger partial charge >= 0.3 is 0 Å². The molecule has 4 N–H and O–H groups in total. The van der Waals surface area contributed by atoms with E-state index in [4.69, 9.17) is 11.5 Å². The van der Waals surface area contributed by atoms with Gasteiger partial charge in [0.05, 0.1) is 6.54 Å². The summed E-state index contributed by atoms with van der Waals surface area (Å²) in [7, 11) is 3.79. The topological polar surface area (TPSA) is 97.2 Å². The summed E-state index contributed by atoms with van der Waals surface area (Å²) in [6.45, 7) is 4.67. The van der Waals surface area contributed by atoms with Crippen molar-refractivity contribution in [1.29, 1.82) is 0 Å². The molecule has 2 rings (SSSR count). The Bertz CT molecular complexity index is 454. The van der Waals surface area contributed by atoms with Gasteiger partial charge in [0.2, 0.25) is 11.9 Å². The highest BCUT2D eigenvalue weighted by Gasteiger charge is 2.26. The summed E-state index contributed by atoms with van der Waals surface area (Å²) in [6, 6.07) is 0.402. The van der Waals surface area contributed by atoms with Gasteiger partial charge in [0.1, 0.15) is 5.82 Å². The number of anilines is 2. The van der Waals surface area contributed by atoms with Crippen molar-refractivity contribution in [2.45, 2.75) is 32.4 Å². The average molecular weight is 316 g/mol. The molecular weight excluding hydrogens is 290 g/mol. The first kappa shape index (κ1) is 17.9. The molecule has 0 radical (unpaired) electrons. The van der Waals surface area contributed by atoms with E-state index < -0.39 is 0 Å². The molecule has 0 amide bonds. The van der Waals surface area contributed by atoms with Crippen LogP contribution in [0.5, 0.6) is 0 Å².